The Hall–Kier alpha value is -0.950. The van der Waals surface area contributed by atoms with Crippen molar-refractivity contribution in [2.45, 2.75) is 31.7 Å². The van der Waals surface area contributed by atoms with Crippen molar-refractivity contribution >= 4 is 21.7 Å². The third-order valence-corrected chi connectivity index (χ3v) is 3.43. The Kier molecular flexibility index (Phi) is 4.12. The van der Waals surface area contributed by atoms with Gasteiger partial charge >= 0.3 is 15.6 Å². The van der Waals surface area contributed by atoms with Crippen molar-refractivity contribution in [2.24, 2.45) is 0 Å². The molecule has 0 amide bonds. The van der Waals surface area contributed by atoms with Crippen LogP contribution < -0.4 is 4.18 Å². The fourth-order valence-corrected chi connectivity index (χ4v) is 1.97. The molecule has 19 heavy (non-hydrogen) atoms. The first kappa shape index (κ1) is 16.1. The SMILES string of the molecule is CC(C)(C)c1cc(Cl)ccc1OS(=O)(=O)C(F)(F)F. The Bertz CT molecular complexity index is 574. The lowest BCUT2D eigenvalue weighted by Gasteiger charge is -2.22. The van der Waals surface area contributed by atoms with Gasteiger partial charge in [-0.25, -0.2) is 0 Å². The minimum atomic E-state index is -5.69. The number of hydrogen-bond donors (Lipinski definition) is 0. The summed E-state index contributed by atoms with van der Waals surface area (Å²) in [4.78, 5) is 0. The van der Waals surface area contributed by atoms with Gasteiger partial charge in [0.05, 0.1) is 0 Å². The topological polar surface area (TPSA) is 43.4 Å². The van der Waals surface area contributed by atoms with Crippen LogP contribution in [-0.4, -0.2) is 13.9 Å². The van der Waals surface area contributed by atoms with Crippen LogP contribution >= 0.6 is 11.6 Å². The van der Waals surface area contributed by atoms with Crippen LogP contribution in [0.25, 0.3) is 0 Å². The van der Waals surface area contributed by atoms with E-state index < -0.39 is 21.0 Å². The molecule has 1 aromatic carbocycles. The van der Waals surface area contributed by atoms with Crippen LogP contribution in [0.5, 0.6) is 5.75 Å². The third-order valence-electron chi connectivity index (χ3n) is 2.23. The third kappa shape index (κ3) is 3.76. The van der Waals surface area contributed by atoms with E-state index in [1.165, 1.54) is 12.1 Å². The summed E-state index contributed by atoms with van der Waals surface area (Å²) >= 11 is 5.76. The zero-order valence-corrected chi connectivity index (χ0v) is 11.9. The predicted molar refractivity (Wildman–Crippen MR) is 65.8 cm³/mol. The van der Waals surface area contributed by atoms with Crippen LogP contribution in [0.3, 0.4) is 0 Å². The van der Waals surface area contributed by atoms with Crippen LogP contribution in [0, 0.1) is 0 Å². The predicted octanol–water partition coefficient (Wildman–Crippen LogP) is 3.87. The molecule has 0 unspecified atom stereocenters. The normalized spacial score (nSPS) is 13.4. The molecule has 0 radical (unpaired) electrons. The highest BCUT2D eigenvalue weighted by atomic mass is 35.5. The number of benzene rings is 1. The summed E-state index contributed by atoms with van der Waals surface area (Å²) in [6, 6.07) is 3.74. The monoisotopic (exact) mass is 316 g/mol. The summed E-state index contributed by atoms with van der Waals surface area (Å²) in [5, 5.41) is 0.279. The maximum absolute atomic E-state index is 12.3. The molecule has 0 heterocycles. The van der Waals surface area contributed by atoms with Crippen LogP contribution in [0.2, 0.25) is 5.02 Å². The lowest BCUT2D eigenvalue weighted by atomic mass is 9.86. The zero-order valence-electron chi connectivity index (χ0n) is 10.4. The van der Waals surface area contributed by atoms with Crippen LogP contribution in [0.4, 0.5) is 13.2 Å². The number of alkyl halides is 3. The molecule has 0 atom stereocenters. The van der Waals surface area contributed by atoms with E-state index in [1.54, 1.807) is 20.8 Å². The number of rotatable bonds is 2. The molecular formula is C11H12ClF3O3S. The van der Waals surface area contributed by atoms with Crippen LogP contribution in [0.15, 0.2) is 18.2 Å². The highest BCUT2D eigenvalue weighted by Gasteiger charge is 2.49. The van der Waals surface area contributed by atoms with Gasteiger partial charge < -0.3 is 4.18 Å². The van der Waals surface area contributed by atoms with Gasteiger partial charge in [0, 0.05) is 10.6 Å². The molecular weight excluding hydrogens is 305 g/mol. The molecule has 0 fully saturated rings. The average molecular weight is 317 g/mol. The molecule has 0 saturated heterocycles. The standard InChI is InChI=1S/C11H12ClF3O3S/c1-10(2,3)8-6-7(12)4-5-9(8)18-19(16,17)11(13,14)15/h4-6H,1-3H3. The van der Waals surface area contributed by atoms with Crippen molar-refractivity contribution in [3.05, 3.63) is 28.8 Å². The van der Waals surface area contributed by atoms with E-state index >= 15 is 0 Å². The maximum atomic E-state index is 12.3. The maximum Gasteiger partial charge on any atom is 0.534 e. The number of halogens is 4. The summed E-state index contributed by atoms with van der Waals surface area (Å²) in [6.45, 7) is 5.10. The van der Waals surface area contributed by atoms with Gasteiger partial charge in [0.15, 0.2) is 0 Å². The zero-order chi connectivity index (χ0) is 15.1. The Morgan fingerprint density at radius 3 is 2.11 bits per heavy atom. The summed E-state index contributed by atoms with van der Waals surface area (Å²) in [7, 11) is -5.69. The molecule has 0 spiro atoms. The van der Waals surface area contributed by atoms with E-state index in [2.05, 4.69) is 4.18 Å². The highest BCUT2D eigenvalue weighted by Crippen LogP contribution is 2.36. The van der Waals surface area contributed by atoms with E-state index in [1.807, 2.05) is 0 Å². The molecule has 8 heteroatoms. The fraction of sp³-hybridized carbons (Fsp3) is 0.455. The first-order valence-electron chi connectivity index (χ1n) is 5.15. The highest BCUT2D eigenvalue weighted by molar-refractivity contribution is 7.88. The Morgan fingerprint density at radius 2 is 1.68 bits per heavy atom. The molecule has 0 aliphatic carbocycles. The number of hydrogen-bond acceptors (Lipinski definition) is 3. The first-order valence-corrected chi connectivity index (χ1v) is 6.94. The Labute approximate surface area is 114 Å². The first-order chi connectivity index (χ1) is 8.34. The largest absolute Gasteiger partial charge is 0.534 e. The van der Waals surface area contributed by atoms with Gasteiger partial charge in [-0.15, -0.1) is 0 Å². The molecule has 0 aliphatic rings. The second-order valence-electron chi connectivity index (χ2n) is 4.87. The molecule has 1 rings (SSSR count). The van der Waals surface area contributed by atoms with E-state index in [0.29, 0.717) is 0 Å². The summed E-state index contributed by atoms with van der Waals surface area (Å²) in [6.07, 6.45) is 0. The quantitative estimate of drug-likeness (QED) is 0.614. The van der Waals surface area contributed by atoms with E-state index in [-0.39, 0.29) is 16.3 Å². The van der Waals surface area contributed by atoms with E-state index in [0.717, 1.165) is 6.07 Å². The van der Waals surface area contributed by atoms with Crippen molar-refractivity contribution in [3.63, 3.8) is 0 Å². The van der Waals surface area contributed by atoms with E-state index in [4.69, 9.17) is 11.6 Å². The Morgan fingerprint density at radius 1 is 1.16 bits per heavy atom. The molecule has 1 aromatic rings. The van der Waals surface area contributed by atoms with Crippen molar-refractivity contribution in [3.8, 4) is 5.75 Å². The average Bonchev–Trinajstić information content (AvgIpc) is 2.17. The minimum Gasteiger partial charge on any atom is -0.376 e. The van der Waals surface area contributed by atoms with Gasteiger partial charge in [-0.3, -0.25) is 0 Å². The van der Waals surface area contributed by atoms with Gasteiger partial charge in [-0.05, 0) is 23.6 Å². The molecule has 108 valence electrons. The molecule has 0 N–H and O–H groups in total. The lowest BCUT2D eigenvalue weighted by molar-refractivity contribution is -0.0500. The second-order valence-corrected chi connectivity index (χ2v) is 6.85. The van der Waals surface area contributed by atoms with Gasteiger partial charge in [0.1, 0.15) is 5.75 Å². The van der Waals surface area contributed by atoms with Gasteiger partial charge in [0.2, 0.25) is 0 Å². The Balaban J connectivity index is 3.31. The molecule has 0 aliphatic heterocycles. The smallest absolute Gasteiger partial charge is 0.376 e. The molecule has 0 aromatic heterocycles. The van der Waals surface area contributed by atoms with Gasteiger partial charge in [-0.2, -0.15) is 21.6 Å². The van der Waals surface area contributed by atoms with Crippen molar-refractivity contribution in [2.75, 3.05) is 0 Å². The molecule has 0 bridgehead atoms. The molecule has 0 saturated carbocycles. The summed E-state index contributed by atoms with van der Waals surface area (Å²) < 4.78 is 63.0. The van der Waals surface area contributed by atoms with Gasteiger partial charge in [-0.1, -0.05) is 32.4 Å². The fourth-order valence-electron chi connectivity index (χ4n) is 1.33. The van der Waals surface area contributed by atoms with Gasteiger partial charge in [0.25, 0.3) is 0 Å². The van der Waals surface area contributed by atoms with Crippen LogP contribution in [0.1, 0.15) is 26.3 Å². The second kappa shape index (κ2) is 4.86. The van der Waals surface area contributed by atoms with Crippen molar-refractivity contribution in [1.82, 2.24) is 0 Å². The van der Waals surface area contributed by atoms with Crippen molar-refractivity contribution < 1.29 is 25.8 Å². The van der Waals surface area contributed by atoms with E-state index in [9.17, 15) is 21.6 Å². The lowest BCUT2D eigenvalue weighted by Crippen LogP contribution is -2.29. The minimum absolute atomic E-state index is 0.271. The van der Waals surface area contributed by atoms with Crippen molar-refractivity contribution in [1.29, 1.82) is 0 Å². The van der Waals surface area contributed by atoms with Crippen LogP contribution in [-0.2, 0) is 15.5 Å². The summed E-state index contributed by atoms with van der Waals surface area (Å²) in [5.41, 5.74) is -5.82. The molecule has 3 nitrogen and oxygen atoms in total. The summed E-state index contributed by atoms with van der Waals surface area (Å²) in [5.74, 6) is -0.380.